The first-order chi connectivity index (χ1) is 7.31. The second-order valence-electron chi connectivity index (χ2n) is 2.82. The molecule has 0 bridgehead atoms. The van der Waals surface area contributed by atoms with Gasteiger partial charge in [-0.05, 0) is 0 Å². The third-order valence-corrected chi connectivity index (χ3v) is 2.00. The van der Waals surface area contributed by atoms with Crippen molar-refractivity contribution in [3.05, 3.63) is 0 Å². The highest BCUT2D eigenvalue weighted by Gasteiger charge is 2.34. The normalized spacial score (nSPS) is 18.3. The summed E-state index contributed by atoms with van der Waals surface area (Å²) in [5, 5.41) is 44.5. The van der Waals surface area contributed by atoms with E-state index < -0.39 is 47.4 Å². The molecule has 4 unspecified atom stereocenters. The average Bonchev–Trinajstić information content (AvgIpc) is 2.23. The molecular weight excluding hydrogens is 246 g/mol. The Balaban J connectivity index is 4.67. The second-order valence-corrected chi connectivity index (χ2v) is 3.44. The van der Waals surface area contributed by atoms with Gasteiger partial charge in [0.05, 0.1) is 6.61 Å². The SMILES string of the molecule is O=C(N=S(=O)=O)C(O)C(O)C(O)C(O)CO. The summed E-state index contributed by atoms with van der Waals surface area (Å²) in [7, 11) is -3.10. The zero-order chi connectivity index (χ0) is 12.9. The van der Waals surface area contributed by atoms with Crippen molar-refractivity contribution in [3.63, 3.8) is 0 Å². The molecule has 0 saturated heterocycles. The van der Waals surface area contributed by atoms with E-state index in [1.165, 1.54) is 0 Å². The molecule has 0 rings (SSSR count). The maximum Gasteiger partial charge on any atom is 0.319 e. The molecule has 0 aliphatic rings. The zero-order valence-electron chi connectivity index (χ0n) is 7.83. The number of carbonyl (C=O) groups excluding carboxylic acids is 1. The molecule has 0 radical (unpaired) electrons. The Morgan fingerprint density at radius 3 is 2.00 bits per heavy atom. The van der Waals surface area contributed by atoms with Crippen molar-refractivity contribution < 1.29 is 38.7 Å². The van der Waals surface area contributed by atoms with Gasteiger partial charge in [0, 0.05) is 0 Å². The van der Waals surface area contributed by atoms with Gasteiger partial charge in [-0.1, -0.05) is 4.36 Å². The number of hydrogen-bond donors (Lipinski definition) is 5. The van der Waals surface area contributed by atoms with E-state index in [1.807, 2.05) is 0 Å². The lowest BCUT2D eigenvalue weighted by atomic mass is 10.0. The molecule has 0 aliphatic heterocycles. The summed E-state index contributed by atoms with van der Waals surface area (Å²) in [6.45, 7) is -0.913. The molecule has 4 atom stereocenters. The van der Waals surface area contributed by atoms with Gasteiger partial charge in [-0.25, -0.2) is 0 Å². The highest BCUT2D eigenvalue weighted by Crippen LogP contribution is 2.06. The molecule has 0 saturated carbocycles. The highest BCUT2D eigenvalue weighted by atomic mass is 32.2. The predicted octanol–water partition coefficient (Wildman–Crippen LogP) is -3.99. The number of hydrogen-bond acceptors (Lipinski definition) is 8. The quantitative estimate of drug-likeness (QED) is 0.332. The van der Waals surface area contributed by atoms with Crippen LogP contribution in [0.3, 0.4) is 0 Å². The molecule has 0 fully saturated rings. The molecule has 10 heteroatoms. The van der Waals surface area contributed by atoms with Crippen LogP contribution in [0.2, 0.25) is 0 Å². The van der Waals surface area contributed by atoms with Crippen molar-refractivity contribution in [3.8, 4) is 0 Å². The smallest absolute Gasteiger partial charge is 0.319 e. The molecule has 0 aromatic carbocycles. The van der Waals surface area contributed by atoms with Crippen LogP contribution in [0, 0.1) is 0 Å². The van der Waals surface area contributed by atoms with Crippen molar-refractivity contribution in [2.75, 3.05) is 6.61 Å². The van der Waals surface area contributed by atoms with Gasteiger partial charge in [-0.2, -0.15) is 8.42 Å². The van der Waals surface area contributed by atoms with Crippen LogP contribution in [0.4, 0.5) is 0 Å². The van der Waals surface area contributed by atoms with Crippen LogP contribution < -0.4 is 0 Å². The van der Waals surface area contributed by atoms with Gasteiger partial charge in [0.25, 0.3) is 5.91 Å². The molecular formula is C6H11NO8S. The van der Waals surface area contributed by atoms with Crippen LogP contribution in [0.5, 0.6) is 0 Å². The lowest BCUT2D eigenvalue weighted by molar-refractivity contribution is -0.145. The van der Waals surface area contributed by atoms with Crippen molar-refractivity contribution in [2.24, 2.45) is 4.36 Å². The standard InChI is InChI=1S/C6H11NO8S/c8-1-2(9)3(10)4(11)5(12)6(13)7-16(14)15/h2-5,8-12H,1H2. The molecule has 0 aromatic heterocycles. The van der Waals surface area contributed by atoms with Crippen LogP contribution >= 0.6 is 0 Å². The van der Waals surface area contributed by atoms with Crippen molar-refractivity contribution >= 4 is 16.4 Å². The first-order valence-corrected chi connectivity index (χ1v) is 5.02. The zero-order valence-corrected chi connectivity index (χ0v) is 8.65. The summed E-state index contributed by atoms with van der Waals surface area (Å²) < 4.78 is 22.3. The first kappa shape index (κ1) is 15.1. The minimum Gasteiger partial charge on any atom is -0.394 e. The van der Waals surface area contributed by atoms with Gasteiger partial charge < -0.3 is 25.5 Å². The van der Waals surface area contributed by atoms with Crippen molar-refractivity contribution in [1.29, 1.82) is 0 Å². The molecule has 0 spiro atoms. The van der Waals surface area contributed by atoms with E-state index in [1.54, 1.807) is 0 Å². The fourth-order valence-electron chi connectivity index (χ4n) is 0.796. The Morgan fingerprint density at radius 2 is 1.62 bits per heavy atom. The van der Waals surface area contributed by atoms with Gasteiger partial charge in [0.2, 0.25) is 0 Å². The molecule has 0 aliphatic carbocycles. The Labute approximate surface area is 91.3 Å². The Bertz CT molecular complexity index is 357. The Hall–Kier alpha value is -0.910. The summed E-state index contributed by atoms with van der Waals surface area (Å²) in [5.41, 5.74) is 0. The Kier molecular flexibility index (Phi) is 6.25. The second kappa shape index (κ2) is 6.62. The van der Waals surface area contributed by atoms with E-state index in [-0.39, 0.29) is 0 Å². The van der Waals surface area contributed by atoms with Crippen LogP contribution in [0.1, 0.15) is 0 Å². The van der Waals surface area contributed by atoms with Gasteiger partial charge in [0.1, 0.15) is 18.3 Å². The fraction of sp³-hybridized carbons (Fsp3) is 0.833. The lowest BCUT2D eigenvalue weighted by Crippen LogP contribution is -2.48. The number of amides is 1. The van der Waals surface area contributed by atoms with Crippen LogP contribution in [0.15, 0.2) is 4.36 Å². The molecule has 0 heterocycles. The predicted molar refractivity (Wildman–Crippen MR) is 47.5 cm³/mol. The number of carbonyl (C=O) groups is 1. The van der Waals surface area contributed by atoms with E-state index in [0.717, 1.165) is 0 Å². The maximum absolute atomic E-state index is 10.8. The summed E-state index contributed by atoms with van der Waals surface area (Å²) in [6.07, 6.45) is -8.27. The Morgan fingerprint density at radius 1 is 1.12 bits per heavy atom. The van der Waals surface area contributed by atoms with Crippen molar-refractivity contribution in [2.45, 2.75) is 24.4 Å². The number of nitrogens with zero attached hydrogens (tertiary/aromatic N) is 1. The third-order valence-electron chi connectivity index (χ3n) is 1.67. The number of aliphatic hydroxyl groups is 5. The van der Waals surface area contributed by atoms with E-state index in [4.69, 9.17) is 25.5 Å². The van der Waals surface area contributed by atoms with Crippen LogP contribution in [-0.4, -0.2) is 70.9 Å². The van der Waals surface area contributed by atoms with Gasteiger partial charge in [-0.15, -0.1) is 0 Å². The highest BCUT2D eigenvalue weighted by molar-refractivity contribution is 7.62. The molecule has 0 aromatic rings. The van der Waals surface area contributed by atoms with E-state index in [9.17, 15) is 13.2 Å². The molecule has 94 valence electrons. The molecule has 1 amide bonds. The van der Waals surface area contributed by atoms with Gasteiger partial charge in [0.15, 0.2) is 6.10 Å². The average molecular weight is 257 g/mol. The van der Waals surface area contributed by atoms with Gasteiger partial charge in [-0.3, -0.25) is 4.79 Å². The van der Waals surface area contributed by atoms with Gasteiger partial charge >= 0.3 is 10.5 Å². The monoisotopic (exact) mass is 257 g/mol. The summed E-state index contributed by atoms with van der Waals surface area (Å²) in [5.74, 6) is -1.59. The van der Waals surface area contributed by atoms with E-state index >= 15 is 0 Å². The van der Waals surface area contributed by atoms with E-state index in [0.29, 0.717) is 0 Å². The van der Waals surface area contributed by atoms with Crippen LogP contribution in [-0.2, 0) is 15.3 Å². The summed E-state index contributed by atoms with van der Waals surface area (Å²) >= 11 is 0. The lowest BCUT2D eigenvalue weighted by Gasteiger charge is -2.23. The molecule has 5 N–H and O–H groups in total. The van der Waals surface area contributed by atoms with Crippen molar-refractivity contribution in [1.82, 2.24) is 0 Å². The largest absolute Gasteiger partial charge is 0.394 e. The number of aliphatic hydroxyl groups excluding tert-OH is 5. The van der Waals surface area contributed by atoms with E-state index in [2.05, 4.69) is 4.36 Å². The third kappa shape index (κ3) is 4.30. The number of rotatable bonds is 5. The molecule has 16 heavy (non-hydrogen) atoms. The summed E-state index contributed by atoms with van der Waals surface area (Å²) in [6, 6.07) is 0. The summed E-state index contributed by atoms with van der Waals surface area (Å²) in [4.78, 5) is 10.8. The molecule has 9 nitrogen and oxygen atoms in total. The minimum atomic E-state index is -3.10. The van der Waals surface area contributed by atoms with Crippen LogP contribution in [0.25, 0.3) is 0 Å². The maximum atomic E-state index is 10.8. The first-order valence-electron chi connectivity index (χ1n) is 3.99. The minimum absolute atomic E-state index is 0.913. The topological polar surface area (TPSA) is 165 Å². The fourth-order valence-corrected chi connectivity index (χ4v) is 1.05.